The molecule has 1 heterocycles. The molecule has 0 radical (unpaired) electrons. The third-order valence-corrected chi connectivity index (χ3v) is 6.13. The lowest BCUT2D eigenvalue weighted by Crippen LogP contribution is -2.31. The number of phenols is 1. The first-order chi connectivity index (χ1) is 14.6. The summed E-state index contributed by atoms with van der Waals surface area (Å²) in [5.74, 6) is 2.08. The fourth-order valence-corrected chi connectivity index (χ4v) is 4.36. The van der Waals surface area contributed by atoms with E-state index in [0.717, 1.165) is 42.6 Å². The lowest BCUT2D eigenvalue weighted by Gasteiger charge is -2.29. The number of methoxy groups -OCH3 is 1. The molecule has 4 rings (SSSR count). The molecule has 5 nitrogen and oxygen atoms in total. The average molecular weight is 405 g/mol. The second-order valence-corrected chi connectivity index (χ2v) is 8.03. The molecule has 2 aromatic carbocycles. The molecule has 1 aromatic heterocycles. The van der Waals surface area contributed by atoms with Crippen LogP contribution < -0.4 is 10.1 Å². The topological polar surface area (TPSA) is 74.4 Å². The molecule has 3 aromatic rings. The molecule has 1 aliphatic rings. The first-order valence-corrected chi connectivity index (χ1v) is 10.5. The Kier molecular flexibility index (Phi) is 6.07. The predicted octanol–water partition coefficient (Wildman–Crippen LogP) is 5.10. The molecule has 0 spiro atoms. The monoisotopic (exact) mass is 404 g/mol. The van der Waals surface area contributed by atoms with Gasteiger partial charge in [-0.05, 0) is 72.9 Å². The van der Waals surface area contributed by atoms with Crippen molar-refractivity contribution in [2.75, 3.05) is 13.7 Å². The number of H-pyrrole nitrogens is 1. The molecule has 156 valence electrons. The summed E-state index contributed by atoms with van der Waals surface area (Å²) in [6.07, 6.45) is 8.04. The zero-order chi connectivity index (χ0) is 20.9. The first kappa shape index (κ1) is 20.1. The minimum absolute atomic E-state index is 0.0465. The average Bonchev–Trinajstić information content (AvgIpc) is 3.29. The maximum atomic E-state index is 12.8. The summed E-state index contributed by atoms with van der Waals surface area (Å²) in [5.41, 5.74) is 3.78. The number of carbonyl (C=O) groups is 1. The Morgan fingerprint density at radius 1 is 1.10 bits per heavy atom. The quantitative estimate of drug-likeness (QED) is 0.535. The van der Waals surface area contributed by atoms with Gasteiger partial charge in [-0.25, -0.2) is 0 Å². The standard InChI is InChI=1S/C25H28N2O3/c1-30-22-4-2-3-20(13-22)23-15-26-16-24(23)25(29)27-14-17-5-7-18(8-6-17)19-9-11-21(28)12-10-19/h2-4,9-13,15-18,26,28H,5-8,14H2,1H3,(H,27,29). The molecule has 3 N–H and O–H groups in total. The number of hydrogen-bond acceptors (Lipinski definition) is 3. The van der Waals surface area contributed by atoms with E-state index in [0.29, 0.717) is 29.7 Å². The van der Waals surface area contributed by atoms with Crippen LogP contribution in [0.25, 0.3) is 11.1 Å². The number of rotatable bonds is 6. The number of aromatic nitrogens is 1. The number of aromatic hydroxyl groups is 1. The Hall–Kier alpha value is -3.21. The van der Waals surface area contributed by atoms with Crippen LogP contribution in [0.4, 0.5) is 0 Å². The molecular formula is C25H28N2O3. The van der Waals surface area contributed by atoms with Crippen LogP contribution >= 0.6 is 0 Å². The van der Waals surface area contributed by atoms with E-state index in [4.69, 9.17) is 4.74 Å². The minimum Gasteiger partial charge on any atom is -0.508 e. The van der Waals surface area contributed by atoms with Gasteiger partial charge in [0.2, 0.25) is 0 Å². The second kappa shape index (κ2) is 9.08. The van der Waals surface area contributed by atoms with E-state index < -0.39 is 0 Å². The number of phenolic OH excluding ortho intramolecular Hbond substituents is 1. The van der Waals surface area contributed by atoms with Crippen LogP contribution in [0.15, 0.2) is 60.9 Å². The highest BCUT2D eigenvalue weighted by atomic mass is 16.5. The molecule has 5 heteroatoms. The molecule has 0 unspecified atom stereocenters. The highest BCUT2D eigenvalue weighted by Gasteiger charge is 2.23. The van der Waals surface area contributed by atoms with Gasteiger partial charge in [-0.15, -0.1) is 0 Å². The van der Waals surface area contributed by atoms with Crippen molar-refractivity contribution in [3.63, 3.8) is 0 Å². The fourth-order valence-electron chi connectivity index (χ4n) is 4.36. The predicted molar refractivity (Wildman–Crippen MR) is 118 cm³/mol. The van der Waals surface area contributed by atoms with Gasteiger partial charge in [-0.2, -0.15) is 0 Å². The maximum Gasteiger partial charge on any atom is 0.253 e. The van der Waals surface area contributed by atoms with Crippen molar-refractivity contribution in [1.29, 1.82) is 0 Å². The molecular weight excluding hydrogens is 376 g/mol. The summed E-state index contributed by atoms with van der Waals surface area (Å²) >= 11 is 0. The van der Waals surface area contributed by atoms with Gasteiger partial charge in [-0.1, -0.05) is 24.3 Å². The van der Waals surface area contributed by atoms with Crippen molar-refractivity contribution in [3.05, 3.63) is 72.1 Å². The van der Waals surface area contributed by atoms with Crippen molar-refractivity contribution in [3.8, 4) is 22.6 Å². The van der Waals surface area contributed by atoms with Crippen molar-refractivity contribution in [1.82, 2.24) is 10.3 Å². The number of carbonyl (C=O) groups excluding carboxylic acids is 1. The largest absolute Gasteiger partial charge is 0.508 e. The summed E-state index contributed by atoms with van der Waals surface area (Å²) < 4.78 is 5.30. The summed E-state index contributed by atoms with van der Waals surface area (Å²) in [6, 6.07) is 15.3. The first-order valence-electron chi connectivity index (χ1n) is 10.5. The second-order valence-electron chi connectivity index (χ2n) is 8.03. The normalized spacial score (nSPS) is 18.7. The van der Waals surface area contributed by atoms with Crippen molar-refractivity contribution in [2.45, 2.75) is 31.6 Å². The van der Waals surface area contributed by atoms with Crippen LogP contribution in [0, 0.1) is 5.92 Å². The van der Waals surface area contributed by atoms with E-state index in [1.165, 1.54) is 5.56 Å². The van der Waals surface area contributed by atoms with E-state index in [1.54, 1.807) is 25.4 Å². The summed E-state index contributed by atoms with van der Waals surface area (Å²) in [6.45, 7) is 0.698. The Bertz CT molecular complexity index is 986. The third kappa shape index (κ3) is 4.51. The Labute approximate surface area is 177 Å². The Morgan fingerprint density at radius 2 is 1.87 bits per heavy atom. The van der Waals surface area contributed by atoms with E-state index in [9.17, 15) is 9.90 Å². The van der Waals surface area contributed by atoms with Crippen molar-refractivity contribution in [2.24, 2.45) is 5.92 Å². The Morgan fingerprint density at radius 3 is 2.60 bits per heavy atom. The van der Waals surface area contributed by atoms with Crippen LogP contribution in [-0.4, -0.2) is 29.7 Å². The molecule has 1 saturated carbocycles. The summed E-state index contributed by atoms with van der Waals surface area (Å²) in [5, 5.41) is 12.6. The molecule has 0 aliphatic heterocycles. The van der Waals surface area contributed by atoms with E-state index in [2.05, 4.69) is 10.3 Å². The number of aromatic amines is 1. The van der Waals surface area contributed by atoms with Crippen LogP contribution in [0.3, 0.4) is 0 Å². The van der Waals surface area contributed by atoms with Crippen LogP contribution in [0.2, 0.25) is 0 Å². The number of nitrogens with one attached hydrogen (secondary N) is 2. The zero-order valence-corrected chi connectivity index (χ0v) is 17.2. The van der Waals surface area contributed by atoms with Crippen molar-refractivity contribution >= 4 is 5.91 Å². The van der Waals surface area contributed by atoms with E-state index in [1.807, 2.05) is 42.6 Å². The highest BCUT2D eigenvalue weighted by molar-refractivity contribution is 6.00. The van der Waals surface area contributed by atoms with Gasteiger partial charge in [0.15, 0.2) is 0 Å². The molecule has 1 amide bonds. The molecule has 0 saturated heterocycles. The van der Waals surface area contributed by atoms with Crippen LogP contribution in [-0.2, 0) is 0 Å². The third-order valence-electron chi connectivity index (χ3n) is 6.13. The Balaban J connectivity index is 1.33. The van der Waals surface area contributed by atoms with E-state index in [-0.39, 0.29) is 5.91 Å². The number of amides is 1. The molecule has 1 fully saturated rings. The molecule has 30 heavy (non-hydrogen) atoms. The van der Waals surface area contributed by atoms with Gasteiger partial charge in [0, 0.05) is 24.5 Å². The lowest BCUT2D eigenvalue weighted by molar-refractivity contribution is 0.0943. The summed E-state index contributed by atoms with van der Waals surface area (Å²) in [4.78, 5) is 15.9. The zero-order valence-electron chi connectivity index (χ0n) is 17.2. The SMILES string of the molecule is COc1cccc(-c2c[nH]cc2C(=O)NCC2CCC(c3ccc(O)cc3)CC2)c1. The van der Waals surface area contributed by atoms with Gasteiger partial charge in [0.25, 0.3) is 5.91 Å². The summed E-state index contributed by atoms with van der Waals surface area (Å²) in [7, 11) is 1.64. The highest BCUT2D eigenvalue weighted by Crippen LogP contribution is 2.36. The van der Waals surface area contributed by atoms with Crippen molar-refractivity contribution < 1.29 is 14.6 Å². The number of benzene rings is 2. The van der Waals surface area contributed by atoms with Gasteiger partial charge in [0.1, 0.15) is 11.5 Å². The van der Waals surface area contributed by atoms with Gasteiger partial charge in [-0.3, -0.25) is 4.79 Å². The fraction of sp³-hybridized carbons (Fsp3) is 0.320. The molecule has 0 atom stereocenters. The van der Waals surface area contributed by atoms with Gasteiger partial charge in [0.05, 0.1) is 12.7 Å². The van der Waals surface area contributed by atoms with Crippen LogP contribution in [0.1, 0.15) is 47.5 Å². The maximum absolute atomic E-state index is 12.8. The smallest absolute Gasteiger partial charge is 0.253 e. The van der Waals surface area contributed by atoms with Crippen LogP contribution in [0.5, 0.6) is 11.5 Å². The van der Waals surface area contributed by atoms with E-state index >= 15 is 0 Å². The van der Waals surface area contributed by atoms with Gasteiger partial charge >= 0.3 is 0 Å². The number of ether oxygens (including phenoxy) is 1. The van der Waals surface area contributed by atoms with Gasteiger partial charge < -0.3 is 20.1 Å². The molecule has 1 aliphatic carbocycles. The number of hydrogen-bond donors (Lipinski definition) is 3. The molecule has 0 bridgehead atoms. The lowest BCUT2D eigenvalue weighted by atomic mass is 9.78. The minimum atomic E-state index is -0.0465.